The summed E-state index contributed by atoms with van der Waals surface area (Å²) in [4.78, 5) is 2.38. The molecule has 0 amide bonds. The summed E-state index contributed by atoms with van der Waals surface area (Å²) in [5, 5.41) is 0. The molecule has 0 saturated carbocycles. The molecule has 0 unspecified atom stereocenters. The van der Waals surface area contributed by atoms with Crippen molar-refractivity contribution < 1.29 is 4.74 Å². The molecule has 2 aromatic carbocycles. The molecule has 2 nitrogen and oxygen atoms in total. The first-order valence-corrected chi connectivity index (χ1v) is 8.46. The highest BCUT2D eigenvalue weighted by atomic mass is 16.5. The highest BCUT2D eigenvalue weighted by Crippen LogP contribution is 2.13. The molecular weight excluding hydrogens is 294 g/mol. The lowest BCUT2D eigenvalue weighted by Gasteiger charge is -2.28. The van der Waals surface area contributed by atoms with E-state index in [0.29, 0.717) is 13.2 Å². The molecule has 0 fully saturated rings. The lowest BCUT2D eigenvalue weighted by Crippen LogP contribution is -2.34. The average Bonchev–Trinajstić information content (AvgIpc) is 2.63. The molecular formula is C22H27NO. The van der Waals surface area contributed by atoms with Crippen LogP contribution in [0, 0.1) is 0 Å². The Hall–Kier alpha value is -2.16. The molecule has 2 aromatic rings. The second kappa shape index (κ2) is 10.6. The van der Waals surface area contributed by atoms with Crippen LogP contribution in [0.25, 0.3) is 0 Å². The van der Waals surface area contributed by atoms with Gasteiger partial charge < -0.3 is 4.74 Å². The van der Waals surface area contributed by atoms with E-state index in [-0.39, 0.29) is 6.04 Å². The van der Waals surface area contributed by atoms with Crippen LogP contribution in [0.5, 0.6) is 0 Å². The molecule has 0 aliphatic heterocycles. The fraction of sp³-hybridized carbons (Fsp3) is 0.273. The van der Waals surface area contributed by atoms with E-state index in [1.807, 2.05) is 36.4 Å². The van der Waals surface area contributed by atoms with Gasteiger partial charge in [0.25, 0.3) is 0 Å². The first-order valence-electron chi connectivity index (χ1n) is 8.46. The van der Waals surface area contributed by atoms with Gasteiger partial charge in [-0.2, -0.15) is 0 Å². The van der Waals surface area contributed by atoms with Crippen LogP contribution in [-0.4, -0.2) is 24.1 Å². The summed E-state index contributed by atoms with van der Waals surface area (Å²) in [6, 6.07) is 21.1. The van der Waals surface area contributed by atoms with Gasteiger partial charge in [-0.15, -0.1) is 13.2 Å². The summed E-state index contributed by atoms with van der Waals surface area (Å²) in [6.45, 7) is 11.0. The molecule has 0 aliphatic carbocycles. The van der Waals surface area contributed by atoms with Crippen LogP contribution in [0.15, 0.2) is 86.0 Å². The topological polar surface area (TPSA) is 12.5 Å². The van der Waals surface area contributed by atoms with Gasteiger partial charge in [0.05, 0.1) is 6.61 Å². The zero-order chi connectivity index (χ0) is 17.0. The van der Waals surface area contributed by atoms with Crippen molar-refractivity contribution in [2.75, 3.05) is 13.2 Å². The largest absolute Gasteiger partial charge is 0.377 e. The molecule has 0 radical (unpaired) electrons. The summed E-state index contributed by atoms with van der Waals surface area (Å²) in [7, 11) is 0. The van der Waals surface area contributed by atoms with Crippen molar-refractivity contribution in [1.82, 2.24) is 4.90 Å². The van der Waals surface area contributed by atoms with Crippen molar-refractivity contribution in [3.63, 3.8) is 0 Å². The molecule has 1 atom stereocenters. The average molecular weight is 321 g/mol. The second-order valence-electron chi connectivity index (χ2n) is 5.83. The van der Waals surface area contributed by atoms with Crippen molar-refractivity contribution in [2.45, 2.75) is 25.6 Å². The lowest BCUT2D eigenvalue weighted by molar-refractivity contribution is 0.0979. The zero-order valence-corrected chi connectivity index (χ0v) is 14.3. The van der Waals surface area contributed by atoms with Crippen LogP contribution < -0.4 is 0 Å². The van der Waals surface area contributed by atoms with Crippen molar-refractivity contribution in [2.24, 2.45) is 0 Å². The molecule has 0 bridgehead atoms. The van der Waals surface area contributed by atoms with Crippen LogP contribution in [0.3, 0.4) is 0 Å². The number of ether oxygens (including phenoxy) is 1. The Morgan fingerprint density at radius 2 is 1.54 bits per heavy atom. The molecule has 24 heavy (non-hydrogen) atoms. The third-order valence-electron chi connectivity index (χ3n) is 4.00. The van der Waals surface area contributed by atoms with Crippen molar-refractivity contribution in [3.8, 4) is 0 Å². The van der Waals surface area contributed by atoms with E-state index in [2.05, 4.69) is 54.5 Å². The quantitative estimate of drug-likeness (QED) is 0.434. The molecule has 0 saturated heterocycles. The zero-order valence-electron chi connectivity index (χ0n) is 14.3. The van der Waals surface area contributed by atoms with Crippen LogP contribution in [0.2, 0.25) is 0 Å². The molecule has 0 spiro atoms. The number of rotatable bonds is 11. The summed E-state index contributed by atoms with van der Waals surface area (Å²) >= 11 is 0. The minimum atomic E-state index is 0.277. The highest BCUT2D eigenvalue weighted by molar-refractivity contribution is 5.15. The van der Waals surface area contributed by atoms with Gasteiger partial charge in [-0.3, -0.25) is 4.90 Å². The van der Waals surface area contributed by atoms with Gasteiger partial charge in [-0.1, -0.05) is 72.8 Å². The molecule has 0 aliphatic rings. The number of hydrogen-bond acceptors (Lipinski definition) is 2. The smallest absolute Gasteiger partial charge is 0.0716 e. The lowest BCUT2D eigenvalue weighted by atomic mass is 10.1. The van der Waals surface area contributed by atoms with Crippen molar-refractivity contribution in [3.05, 3.63) is 97.1 Å². The highest BCUT2D eigenvalue weighted by Gasteiger charge is 2.14. The molecule has 2 heteroatoms. The summed E-state index contributed by atoms with van der Waals surface area (Å²) in [6.07, 6.45) is 4.89. The summed E-state index contributed by atoms with van der Waals surface area (Å²) < 4.78 is 5.83. The van der Waals surface area contributed by atoms with Crippen LogP contribution in [0.4, 0.5) is 0 Å². The predicted octanol–water partition coefficient (Wildman–Crippen LogP) is 4.84. The Morgan fingerprint density at radius 3 is 2.12 bits per heavy atom. The molecule has 2 rings (SSSR count). The Bertz CT molecular complexity index is 594. The second-order valence-corrected chi connectivity index (χ2v) is 5.83. The maximum Gasteiger partial charge on any atom is 0.0716 e. The third-order valence-corrected chi connectivity index (χ3v) is 4.00. The van der Waals surface area contributed by atoms with E-state index >= 15 is 0 Å². The van der Waals surface area contributed by atoms with Crippen LogP contribution >= 0.6 is 0 Å². The van der Waals surface area contributed by atoms with Gasteiger partial charge in [0.2, 0.25) is 0 Å². The van der Waals surface area contributed by atoms with E-state index in [9.17, 15) is 0 Å². The standard InChI is InChI=1S/C22H27NO/c1-3-16-23(18-20-11-7-5-8-12-20)22(4-2)15-17-24-19-21-13-9-6-10-14-21/h3-14,22H,1-2,15-19H2/t22-/m0/s1. The maximum atomic E-state index is 5.83. The monoisotopic (exact) mass is 321 g/mol. The molecule has 0 aromatic heterocycles. The maximum absolute atomic E-state index is 5.83. The van der Waals surface area contributed by atoms with Gasteiger partial charge in [-0.05, 0) is 17.5 Å². The molecule has 0 heterocycles. The Labute approximate surface area is 146 Å². The van der Waals surface area contributed by atoms with Gasteiger partial charge in [0, 0.05) is 25.7 Å². The fourth-order valence-electron chi connectivity index (χ4n) is 2.72. The minimum absolute atomic E-state index is 0.277. The van der Waals surface area contributed by atoms with E-state index in [1.54, 1.807) is 0 Å². The van der Waals surface area contributed by atoms with E-state index < -0.39 is 0 Å². The van der Waals surface area contributed by atoms with E-state index in [4.69, 9.17) is 4.74 Å². The van der Waals surface area contributed by atoms with Crippen molar-refractivity contribution in [1.29, 1.82) is 0 Å². The van der Waals surface area contributed by atoms with Crippen LogP contribution in [-0.2, 0) is 17.9 Å². The SMILES string of the molecule is C=CCN(Cc1ccccc1)[C@@H](C=C)CCOCc1ccccc1. The molecule has 126 valence electrons. The molecule has 0 N–H and O–H groups in total. The van der Waals surface area contributed by atoms with Gasteiger partial charge in [0.1, 0.15) is 0 Å². The van der Waals surface area contributed by atoms with E-state index in [0.717, 1.165) is 19.5 Å². The Morgan fingerprint density at radius 1 is 0.917 bits per heavy atom. The van der Waals surface area contributed by atoms with Crippen LogP contribution in [0.1, 0.15) is 17.5 Å². The normalized spacial score (nSPS) is 12.0. The summed E-state index contributed by atoms with van der Waals surface area (Å²) in [5.41, 5.74) is 2.51. The third kappa shape index (κ3) is 6.15. The summed E-state index contributed by atoms with van der Waals surface area (Å²) in [5.74, 6) is 0. The fourth-order valence-corrected chi connectivity index (χ4v) is 2.72. The first-order chi connectivity index (χ1) is 11.8. The van der Waals surface area contributed by atoms with Gasteiger partial charge in [-0.25, -0.2) is 0 Å². The van der Waals surface area contributed by atoms with E-state index in [1.165, 1.54) is 11.1 Å². The van der Waals surface area contributed by atoms with Crippen molar-refractivity contribution >= 4 is 0 Å². The minimum Gasteiger partial charge on any atom is -0.377 e. The van der Waals surface area contributed by atoms with Gasteiger partial charge >= 0.3 is 0 Å². The number of benzene rings is 2. The number of hydrogen-bond donors (Lipinski definition) is 0. The Kier molecular flexibility index (Phi) is 8.02. The number of nitrogens with zero attached hydrogens (tertiary/aromatic N) is 1. The Balaban J connectivity index is 1.84. The van der Waals surface area contributed by atoms with Gasteiger partial charge in [0.15, 0.2) is 0 Å². The predicted molar refractivity (Wildman–Crippen MR) is 102 cm³/mol. The first kappa shape index (κ1) is 18.2.